The summed E-state index contributed by atoms with van der Waals surface area (Å²) in [4.78, 5) is 4.10. The molecule has 0 saturated carbocycles. The maximum absolute atomic E-state index is 5.41. The maximum Gasteiger partial charge on any atom is 0.245 e. The van der Waals surface area contributed by atoms with Crippen LogP contribution in [0.4, 0.5) is 0 Å². The Balaban J connectivity index is 2.69. The molecule has 74 valence electrons. The van der Waals surface area contributed by atoms with E-state index in [2.05, 4.69) is 4.98 Å². The molecule has 0 aromatic carbocycles. The number of imidazole rings is 1. The van der Waals surface area contributed by atoms with Crippen molar-refractivity contribution in [1.82, 2.24) is 9.55 Å². The third kappa shape index (κ3) is 2.54. The highest BCUT2D eigenvalue weighted by Crippen LogP contribution is 2.12. The van der Waals surface area contributed by atoms with Crippen molar-refractivity contribution in [2.75, 3.05) is 13.2 Å². The second-order valence-electron chi connectivity index (χ2n) is 2.60. The summed E-state index contributed by atoms with van der Waals surface area (Å²) in [6.07, 6.45) is 3.25. The third-order valence-corrected chi connectivity index (χ3v) is 1.71. The van der Waals surface area contributed by atoms with Crippen LogP contribution in [0.3, 0.4) is 0 Å². The Morgan fingerprint density at radius 1 is 1.38 bits per heavy atom. The number of rotatable bonds is 5. The molecule has 0 aliphatic carbocycles. The van der Waals surface area contributed by atoms with Crippen molar-refractivity contribution < 1.29 is 9.47 Å². The Hall–Kier alpha value is -0.870. The molecule has 1 rings (SSSR count). The van der Waals surface area contributed by atoms with E-state index in [0.29, 0.717) is 13.2 Å². The molecule has 13 heavy (non-hydrogen) atoms. The lowest BCUT2D eigenvalue weighted by atomic mass is 10.7. The van der Waals surface area contributed by atoms with E-state index in [1.807, 2.05) is 31.5 Å². The first-order chi connectivity index (χ1) is 6.29. The second kappa shape index (κ2) is 4.99. The van der Waals surface area contributed by atoms with Crippen molar-refractivity contribution in [2.24, 2.45) is 0 Å². The molecule has 0 atom stereocenters. The Morgan fingerprint density at radius 2 is 2.00 bits per heavy atom. The van der Waals surface area contributed by atoms with Crippen LogP contribution in [-0.2, 0) is 9.47 Å². The average molecular weight is 184 g/mol. The van der Waals surface area contributed by atoms with Gasteiger partial charge in [-0.25, -0.2) is 4.98 Å². The fraction of sp³-hybridized carbons (Fsp3) is 0.667. The summed E-state index contributed by atoms with van der Waals surface area (Å²) in [5.74, 6) is 0.895. The molecule has 0 bridgehead atoms. The van der Waals surface area contributed by atoms with Gasteiger partial charge >= 0.3 is 0 Å². The van der Waals surface area contributed by atoms with Crippen LogP contribution in [0.5, 0.6) is 0 Å². The van der Waals surface area contributed by atoms with Crippen LogP contribution in [0.1, 0.15) is 26.1 Å². The smallest absolute Gasteiger partial charge is 0.245 e. The summed E-state index contributed by atoms with van der Waals surface area (Å²) in [7, 11) is 0. The highest BCUT2D eigenvalue weighted by Gasteiger charge is 2.11. The van der Waals surface area contributed by atoms with E-state index in [9.17, 15) is 0 Å². The van der Waals surface area contributed by atoms with Crippen LogP contribution in [0.25, 0.3) is 0 Å². The van der Waals surface area contributed by atoms with Gasteiger partial charge in [0.25, 0.3) is 0 Å². The fourth-order valence-corrected chi connectivity index (χ4v) is 1.10. The summed E-state index contributed by atoms with van der Waals surface area (Å²) in [6.45, 7) is 7.06. The van der Waals surface area contributed by atoms with Crippen LogP contribution in [0, 0.1) is 6.92 Å². The van der Waals surface area contributed by atoms with Gasteiger partial charge in [0.1, 0.15) is 5.82 Å². The summed E-state index contributed by atoms with van der Waals surface area (Å²) < 4.78 is 12.7. The quantitative estimate of drug-likeness (QED) is 0.654. The van der Waals surface area contributed by atoms with E-state index in [-0.39, 0.29) is 6.41 Å². The van der Waals surface area contributed by atoms with Crippen LogP contribution >= 0.6 is 0 Å². The Kier molecular flexibility index (Phi) is 3.92. The lowest BCUT2D eigenvalue weighted by molar-refractivity contribution is -0.186. The molecule has 0 N–H and O–H groups in total. The van der Waals surface area contributed by atoms with Gasteiger partial charge in [0.15, 0.2) is 0 Å². The number of hydrogen-bond acceptors (Lipinski definition) is 3. The third-order valence-electron chi connectivity index (χ3n) is 1.71. The first-order valence-electron chi connectivity index (χ1n) is 4.52. The van der Waals surface area contributed by atoms with E-state index in [1.165, 1.54) is 0 Å². The lowest BCUT2D eigenvalue weighted by Gasteiger charge is -2.18. The topological polar surface area (TPSA) is 36.3 Å². The van der Waals surface area contributed by atoms with Crippen molar-refractivity contribution in [3.05, 3.63) is 18.2 Å². The van der Waals surface area contributed by atoms with E-state index in [4.69, 9.17) is 9.47 Å². The normalized spacial score (nSPS) is 11.1. The van der Waals surface area contributed by atoms with Crippen LogP contribution in [0.2, 0.25) is 0 Å². The first-order valence-corrected chi connectivity index (χ1v) is 4.52. The van der Waals surface area contributed by atoms with Gasteiger partial charge < -0.3 is 9.47 Å². The van der Waals surface area contributed by atoms with E-state index < -0.39 is 0 Å². The molecule has 0 amide bonds. The molecular weight excluding hydrogens is 168 g/mol. The summed E-state index contributed by atoms with van der Waals surface area (Å²) in [5, 5.41) is 0. The Morgan fingerprint density at radius 3 is 2.38 bits per heavy atom. The van der Waals surface area contributed by atoms with Crippen molar-refractivity contribution in [2.45, 2.75) is 27.2 Å². The van der Waals surface area contributed by atoms with Gasteiger partial charge in [-0.15, -0.1) is 0 Å². The molecule has 0 aliphatic rings. The number of aromatic nitrogens is 2. The SMILES string of the molecule is CCOC(OCC)n1ccnc1C. The number of nitrogens with zero attached hydrogens (tertiary/aromatic N) is 2. The summed E-state index contributed by atoms with van der Waals surface area (Å²) in [5.41, 5.74) is 0. The monoisotopic (exact) mass is 184 g/mol. The lowest BCUT2D eigenvalue weighted by Crippen LogP contribution is -2.17. The molecule has 0 unspecified atom stereocenters. The van der Waals surface area contributed by atoms with Crippen molar-refractivity contribution >= 4 is 0 Å². The predicted molar refractivity (Wildman–Crippen MR) is 49.3 cm³/mol. The zero-order valence-electron chi connectivity index (χ0n) is 8.36. The predicted octanol–water partition coefficient (Wildman–Crippen LogP) is 1.72. The highest BCUT2D eigenvalue weighted by molar-refractivity contribution is 4.88. The molecule has 4 nitrogen and oxygen atoms in total. The number of hydrogen-bond donors (Lipinski definition) is 0. The van der Waals surface area contributed by atoms with E-state index in [0.717, 1.165) is 5.82 Å². The van der Waals surface area contributed by atoms with E-state index in [1.54, 1.807) is 6.20 Å². The van der Waals surface area contributed by atoms with Crippen LogP contribution in [-0.4, -0.2) is 22.8 Å². The molecule has 1 aromatic heterocycles. The fourth-order valence-electron chi connectivity index (χ4n) is 1.10. The molecule has 1 heterocycles. The van der Waals surface area contributed by atoms with Gasteiger partial charge in [-0.2, -0.15) is 0 Å². The molecule has 4 heteroatoms. The van der Waals surface area contributed by atoms with Crippen molar-refractivity contribution in [3.8, 4) is 0 Å². The first kappa shape index (κ1) is 10.2. The number of ether oxygens (including phenoxy) is 2. The zero-order chi connectivity index (χ0) is 9.68. The van der Waals surface area contributed by atoms with Gasteiger partial charge in [0, 0.05) is 25.6 Å². The molecule has 0 aliphatic heterocycles. The van der Waals surface area contributed by atoms with E-state index >= 15 is 0 Å². The van der Waals surface area contributed by atoms with Gasteiger partial charge in [0.05, 0.1) is 0 Å². The summed E-state index contributed by atoms with van der Waals surface area (Å²) >= 11 is 0. The zero-order valence-corrected chi connectivity index (χ0v) is 8.36. The standard InChI is InChI=1S/C9H16N2O2/c1-4-12-9(13-5-2)11-7-6-10-8(11)3/h6-7,9H,4-5H2,1-3H3. The molecule has 0 spiro atoms. The second-order valence-corrected chi connectivity index (χ2v) is 2.60. The largest absolute Gasteiger partial charge is 0.335 e. The minimum absolute atomic E-state index is 0.336. The molecule has 0 fully saturated rings. The molecular formula is C9H16N2O2. The van der Waals surface area contributed by atoms with Gasteiger partial charge in [-0.05, 0) is 20.8 Å². The molecule has 1 aromatic rings. The number of aryl methyl sites for hydroxylation is 1. The van der Waals surface area contributed by atoms with Crippen molar-refractivity contribution in [1.29, 1.82) is 0 Å². The van der Waals surface area contributed by atoms with Crippen LogP contribution in [0.15, 0.2) is 12.4 Å². The maximum atomic E-state index is 5.41. The van der Waals surface area contributed by atoms with Crippen LogP contribution < -0.4 is 0 Å². The Labute approximate surface area is 78.5 Å². The molecule has 0 saturated heterocycles. The van der Waals surface area contributed by atoms with Gasteiger partial charge in [-0.1, -0.05) is 0 Å². The van der Waals surface area contributed by atoms with Crippen molar-refractivity contribution in [3.63, 3.8) is 0 Å². The minimum Gasteiger partial charge on any atom is -0.335 e. The molecule has 0 radical (unpaired) electrons. The average Bonchev–Trinajstić information content (AvgIpc) is 2.51. The minimum atomic E-state index is -0.336. The van der Waals surface area contributed by atoms with Gasteiger partial charge in [-0.3, -0.25) is 4.57 Å². The van der Waals surface area contributed by atoms with Gasteiger partial charge in [0.2, 0.25) is 6.41 Å². The highest BCUT2D eigenvalue weighted by atomic mass is 16.7. The Bertz CT molecular complexity index is 242. The summed E-state index contributed by atoms with van der Waals surface area (Å²) in [6, 6.07) is 0.